The lowest BCUT2D eigenvalue weighted by atomic mass is 10.2. The number of carbonyl (C=O) groups is 1. The van der Waals surface area contributed by atoms with Gasteiger partial charge in [0, 0.05) is 15.0 Å². The summed E-state index contributed by atoms with van der Waals surface area (Å²) in [6.45, 7) is 0. The summed E-state index contributed by atoms with van der Waals surface area (Å²) in [6, 6.07) is 9.85. The monoisotopic (exact) mass is 324 g/mol. The van der Waals surface area contributed by atoms with Crippen LogP contribution >= 0.6 is 22.6 Å². The fraction of sp³-hybridized carbons (Fsp3) is 0. The second kappa shape index (κ2) is 4.61. The standard InChI is InChI=1S/C12H9IN2O/c13-9-2-5-11-8(7-9)1-3-10(15-11)4-6-12(14)16/h1-7H,(H2,14,16). The summed E-state index contributed by atoms with van der Waals surface area (Å²) in [7, 11) is 0. The Bertz CT molecular complexity index is 578. The van der Waals surface area contributed by atoms with Crippen molar-refractivity contribution < 1.29 is 4.79 Å². The number of aromatic nitrogens is 1. The highest BCUT2D eigenvalue weighted by Crippen LogP contribution is 2.16. The molecule has 2 N–H and O–H groups in total. The molecule has 16 heavy (non-hydrogen) atoms. The Kier molecular flexibility index (Phi) is 3.19. The average Bonchev–Trinajstić information content (AvgIpc) is 2.26. The molecule has 0 fully saturated rings. The number of carbonyl (C=O) groups excluding carboxylic acids is 1. The van der Waals surface area contributed by atoms with Crippen LogP contribution in [0, 0.1) is 3.57 Å². The third kappa shape index (κ3) is 2.57. The molecule has 1 heterocycles. The number of primary amides is 1. The molecular weight excluding hydrogens is 315 g/mol. The van der Waals surface area contributed by atoms with Crippen LogP contribution in [-0.2, 0) is 4.79 Å². The van der Waals surface area contributed by atoms with Crippen LogP contribution < -0.4 is 5.73 Å². The number of halogens is 1. The first-order valence-electron chi connectivity index (χ1n) is 4.69. The maximum Gasteiger partial charge on any atom is 0.241 e. The van der Waals surface area contributed by atoms with E-state index in [1.54, 1.807) is 6.08 Å². The van der Waals surface area contributed by atoms with Crippen molar-refractivity contribution in [2.24, 2.45) is 5.73 Å². The number of benzene rings is 1. The Morgan fingerprint density at radius 2 is 2.12 bits per heavy atom. The van der Waals surface area contributed by atoms with Gasteiger partial charge < -0.3 is 5.73 Å². The Labute approximate surface area is 107 Å². The Hall–Kier alpha value is -1.43. The van der Waals surface area contributed by atoms with Crippen LogP contribution in [0.2, 0.25) is 0 Å². The van der Waals surface area contributed by atoms with E-state index in [1.165, 1.54) is 9.65 Å². The van der Waals surface area contributed by atoms with Crippen molar-refractivity contribution >= 4 is 45.5 Å². The van der Waals surface area contributed by atoms with Crippen molar-refractivity contribution in [2.45, 2.75) is 0 Å². The lowest BCUT2D eigenvalue weighted by molar-refractivity contribution is -0.113. The third-order valence-electron chi connectivity index (χ3n) is 2.09. The number of nitrogens with two attached hydrogens (primary N) is 1. The Morgan fingerprint density at radius 1 is 1.31 bits per heavy atom. The van der Waals surface area contributed by atoms with Crippen LogP contribution in [0.25, 0.3) is 17.0 Å². The summed E-state index contributed by atoms with van der Waals surface area (Å²) in [5, 5.41) is 1.09. The van der Waals surface area contributed by atoms with Gasteiger partial charge in [-0.15, -0.1) is 0 Å². The van der Waals surface area contributed by atoms with Crippen molar-refractivity contribution in [1.29, 1.82) is 0 Å². The minimum Gasteiger partial charge on any atom is -0.366 e. The zero-order valence-electron chi connectivity index (χ0n) is 8.35. The van der Waals surface area contributed by atoms with E-state index in [4.69, 9.17) is 5.73 Å². The fourth-order valence-corrected chi connectivity index (χ4v) is 1.89. The normalized spacial score (nSPS) is 11.1. The van der Waals surface area contributed by atoms with E-state index < -0.39 is 5.91 Å². The molecule has 2 aromatic rings. The van der Waals surface area contributed by atoms with E-state index in [9.17, 15) is 4.79 Å². The van der Waals surface area contributed by atoms with Crippen molar-refractivity contribution in [3.8, 4) is 0 Å². The first-order chi connectivity index (χ1) is 7.65. The molecule has 1 aromatic carbocycles. The molecule has 0 saturated carbocycles. The summed E-state index contributed by atoms with van der Waals surface area (Å²) in [5.74, 6) is -0.468. The van der Waals surface area contributed by atoms with Crippen LogP contribution in [0.4, 0.5) is 0 Å². The van der Waals surface area contributed by atoms with Gasteiger partial charge >= 0.3 is 0 Å². The van der Waals surface area contributed by atoms with E-state index in [0.29, 0.717) is 0 Å². The quantitative estimate of drug-likeness (QED) is 0.681. The smallest absolute Gasteiger partial charge is 0.241 e. The van der Waals surface area contributed by atoms with E-state index in [1.807, 2.05) is 24.3 Å². The molecule has 1 amide bonds. The van der Waals surface area contributed by atoms with Gasteiger partial charge in [-0.25, -0.2) is 4.98 Å². The van der Waals surface area contributed by atoms with Crippen molar-refractivity contribution in [2.75, 3.05) is 0 Å². The largest absolute Gasteiger partial charge is 0.366 e. The SMILES string of the molecule is NC(=O)C=Cc1ccc2cc(I)ccc2n1. The Morgan fingerprint density at radius 3 is 2.88 bits per heavy atom. The van der Waals surface area contributed by atoms with E-state index in [0.717, 1.165) is 16.6 Å². The lowest BCUT2D eigenvalue weighted by Crippen LogP contribution is -2.05. The van der Waals surface area contributed by atoms with Gasteiger partial charge in [-0.05, 0) is 52.9 Å². The molecule has 0 radical (unpaired) electrons. The fourth-order valence-electron chi connectivity index (χ4n) is 1.37. The lowest BCUT2D eigenvalue weighted by Gasteiger charge is -1.99. The van der Waals surface area contributed by atoms with Crippen molar-refractivity contribution in [3.63, 3.8) is 0 Å². The summed E-state index contributed by atoms with van der Waals surface area (Å²) in [4.78, 5) is 15.0. The molecule has 0 aliphatic rings. The molecule has 0 aliphatic carbocycles. The summed E-state index contributed by atoms with van der Waals surface area (Å²) < 4.78 is 1.17. The third-order valence-corrected chi connectivity index (χ3v) is 2.76. The molecule has 0 atom stereocenters. The minimum atomic E-state index is -0.468. The highest BCUT2D eigenvalue weighted by Gasteiger charge is 1.97. The van der Waals surface area contributed by atoms with Crippen molar-refractivity contribution in [3.05, 3.63) is 45.7 Å². The van der Waals surface area contributed by atoms with Crippen LogP contribution in [0.1, 0.15) is 5.69 Å². The second-order valence-electron chi connectivity index (χ2n) is 3.31. The molecule has 2 rings (SSSR count). The molecule has 1 aromatic heterocycles. The average molecular weight is 324 g/mol. The molecule has 0 bridgehead atoms. The van der Waals surface area contributed by atoms with Gasteiger partial charge in [0.25, 0.3) is 0 Å². The predicted octanol–water partition coefficient (Wildman–Crippen LogP) is 2.34. The molecule has 80 valence electrons. The topological polar surface area (TPSA) is 56.0 Å². The second-order valence-corrected chi connectivity index (χ2v) is 4.55. The maximum atomic E-state index is 10.6. The molecule has 0 saturated heterocycles. The van der Waals surface area contributed by atoms with Crippen LogP contribution in [0.3, 0.4) is 0 Å². The number of hydrogen-bond donors (Lipinski definition) is 1. The maximum absolute atomic E-state index is 10.6. The van der Waals surface area contributed by atoms with Crippen LogP contribution in [0.5, 0.6) is 0 Å². The molecule has 4 heteroatoms. The first-order valence-corrected chi connectivity index (χ1v) is 5.77. The molecule has 0 spiro atoms. The number of hydrogen-bond acceptors (Lipinski definition) is 2. The van der Waals surface area contributed by atoms with E-state index in [2.05, 4.69) is 33.6 Å². The number of rotatable bonds is 2. The van der Waals surface area contributed by atoms with Gasteiger partial charge in [0.1, 0.15) is 0 Å². The van der Waals surface area contributed by atoms with Gasteiger partial charge in [0.2, 0.25) is 5.91 Å². The van der Waals surface area contributed by atoms with Gasteiger partial charge in [0.05, 0.1) is 11.2 Å². The first kappa shape index (κ1) is 11.1. The van der Waals surface area contributed by atoms with Gasteiger partial charge in [-0.1, -0.05) is 6.07 Å². The number of nitrogens with zero attached hydrogens (tertiary/aromatic N) is 1. The van der Waals surface area contributed by atoms with Gasteiger partial charge in [-0.2, -0.15) is 0 Å². The molecule has 3 nitrogen and oxygen atoms in total. The number of pyridine rings is 1. The van der Waals surface area contributed by atoms with Gasteiger partial charge in [0.15, 0.2) is 0 Å². The number of fused-ring (bicyclic) bond motifs is 1. The molecule has 0 unspecified atom stereocenters. The highest BCUT2D eigenvalue weighted by atomic mass is 127. The van der Waals surface area contributed by atoms with Crippen LogP contribution in [0.15, 0.2) is 36.4 Å². The molecule has 0 aliphatic heterocycles. The predicted molar refractivity (Wildman–Crippen MR) is 72.7 cm³/mol. The van der Waals surface area contributed by atoms with Crippen molar-refractivity contribution in [1.82, 2.24) is 4.98 Å². The highest BCUT2D eigenvalue weighted by molar-refractivity contribution is 14.1. The summed E-state index contributed by atoms with van der Waals surface area (Å²) >= 11 is 2.26. The molecular formula is C12H9IN2O. The zero-order valence-corrected chi connectivity index (χ0v) is 10.5. The summed E-state index contributed by atoms with van der Waals surface area (Å²) in [6.07, 6.45) is 2.92. The van der Waals surface area contributed by atoms with E-state index in [-0.39, 0.29) is 0 Å². The van der Waals surface area contributed by atoms with Crippen LogP contribution in [-0.4, -0.2) is 10.9 Å². The van der Waals surface area contributed by atoms with Gasteiger partial charge in [-0.3, -0.25) is 4.79 Å². The zero-order chi connectivity index (χ0) is 11.5. The Balaban J connectivity index is 2.44. The minimum absolute atomic E-state index is 0.468. The van der Waals surface area contributed by atoms with E-state index >= 15 is 0 Å². The number of amides is 1. The summed E-state index contributed by atoms with van der Waals surface area (Å²) in [5.41, 5.74) is 6.66.